The molecule has 0 saturated carbocycles. The highest BCUT2D eigenvalue weighted by molar-refractivity contribution is 8.18. The minimum absolute atomic E-state index is 0.141. The summed E-state index contributed by atoms with van der Waals surface area (Å²) in [6.07, 6.45) is 1.80. The van der Waals surface area contributed by atoms with Crippen molar-refractivity contribution in [2.75, 3.05) is 20.3 Å². The fraction of sp³-hybridized carbons (Fsp3) is 0.238. The second-order valence-corrected chi connectivity index (χ2v) is 6.93. The van der Waals surface area contributed by atoms with Crippen LogP contribution in [-0.2, 0) is 4.79 Å². The molecule has 1 fully saturated rings. The van der Waals surface area contributed by atoms with Gasteiger partial charge in [-0.15, -0.1) is 0 Å². The van der Waals surface area contributed by atoms with Gasteiger partial charge in [0.05, 0.1) is 23.8 Å². The van der Waals surface area contributed by atoms with Gasteiger partial charge in [-0.05, 0) is 73.6 Å². The first kappa shape index (κ1) is 19.9. The predicted molar refractivity (Wildman–Crippen MR) is 111 cm³/mol. The second kappa shape index (κ2) is 8.93. The highest BCUT2D eigenvalue weighted by Crippen LogP contribution is 2.35. The van der Waals surface area contributed by atoms with Gasteiger partial charge in [0.25, 0.3) is 5.91 Å². The maximum Gasteiger partial charge on any atom is 0.266 e. The van der Waals surface area contributed by atoms with Gasteiger partial charge in [0.15, 0.2) is 16.7 Å². The van der Waals surface area contributed by atoms with Crippen molar-refractivity contribution in [1.29, 1.82) is 0 Å². The number of benzene rings is 2. The molecule has 0 spiro atoms. The number of ether oxygens (including phenoxy) is 2. The molecule has 1 aliphatic heterocycles. The van der Waals surface area contributed by atoms with E-state index in [1.807, 2.05) is 32.0 Å². The average Bonchev–Trinajstić information content (AvgIpc) is 2.94. The van der Waals surface area contributed by atoms with E-state index in [0.29, 0.717) is 40.5 Å². The van der Waals surface area contributed by atoms with Crippen LogP contribution in [0, 0.1) is 5.82 Å². The smallest absolute Gasteiger partial charge is 0.266 e. The summed E-state index contributed by atoms with van der Waals surface area (Å²) in [5.41, 5.74) is 1.42. The molecule has 2 aromatic rings. The van der Waals surface area contributed by atoms with Crippen molar-refractivity contribution in [3.8, 4) is 11.5 Å². The van der Waals surface area contributed by atoms with Gasteiger partial charge in [0, 0.05) is 7.05 Å². The van der Waals surface area contributed by atoms with Gasteiger partial charge in [-0.2, -0.15) is 0 Å². The number of hydrogen-bond donors (Lipinski definition) is 0. The minimum atomic E-state index is -0.325. The highest BCUT2D eigenvalue weighted by Gasteiger charge is 2.30. The van der Waals surface area contributed by atoms with Crippen LogP contribution in [0.1, 0.15) is 19.4 Å². The van der Waals surface area contributed by atoms with E-state index in [1.54, 1.807) is 25.3 Å². The number of likely N-dealkylation sites (N-methyl/N-ethyl adjacent to an activating group) is 1. The molecule has 1 amide bonds. The Kier molecular flexibility index (Phi) is 6.36. The molecule has 0 bridgehead atoms. The number of carbonyl (C=O) groups excluding carboxylic acids is 1. The number of halogens is 1. The summed E-state index contributed by atoms with van der Waals surface area (Å²) in [5.74, 6) is 0.849. The third-order valence-electron chi connectivity index (χ3n) is 3.92. The summed E-state index contributed by atoms with van der Waals surface area (Å²) in [5, 5.41) is 0.541. The summed E-state index contributed by atoms with van der Waals surface area (Å²) < 4.78 is 24.3. The predicted octanol–water partition coefficient (Wildman–Crippen LogP) is 4.86. The first-order chi connectivity index (χ1) is 13.5. The van der Waals surface area contributed by atoms with E-state index >= 15 is 0 Å². The molecular weight excluding hydrogens is 379 g/mol. The van der Waals surface area contributed by atoms with Gasteiger partial charge < -0.3 is 9.47 Å². The molecule has 0 atom stereocenters. The summed E-state index contributed by atoms with van der Waals surface area (Å²) >= 11 is 1.28. The van der Waals surface area contributed by atoms with E-state index in [1.165, 1.54) is 28.8 Å². The molecule has 1 aliphatic rings. The van der Waals surface area contributed by atoms with Crippen molar-refractivity contribution in [1.82, 2.24) is 4.90 Å². The van der Waals surface area contributed by atoms with E-state index in [9.17, 15) is 9.18 Å². The largest absolute Gasteiger partial charge is 0.490 e. The third-order valence-corrected chi connectivity index (χ3v) is 4.98. The second-order valence-electron chi connectivity index (χ2n) is 5.92. The van der Waals surface area contributed by atoms with E-state index in [-0.39, 0.29) is 11.7 Å². The quantitative estimate of drug-likeness (QED) is 0.650. The topological polar surface area (TPSA) is 51.1 Å². The van der Waals surface area contributed by atoms with Gasteiger partial charge in [0.1, 0.15) is 5.82 Å². The molecule has 1 saturated heterocycles. The maximum atomic E-state index is 13.1. The Bertz CT molecular complexity index is 926. The first-order valence-electron chi connectivity index (χ1n) is 8.93. The number of hydrogen-bond acceptors (Lipinski definition) is 5. The standard InChI is InChI=1S/C21H21FN2O3S/c1-4-26-17-11-6-14(12-18(17)27-5-2)13-19-20(25)24(3)21(28-19)23-16-9-7-15(22)8-10-16/h6-13H,4-5H2,1-3H3/b19-13+,23-21?. The van der Waals surface area contributed by atoms with Gasteiger partial charge in [-0.25, -0.2) is 9.38 Å². The van der Waals surface area contributed by atoms with Crippen molar-refractivity contribution in [2.24, 2.45) is 4.99 Å². The number of carbonyl (C=O) groups is 1. The van der Waals surface area contributed by atoms with E-state index in [2.05, 4.69) is 4.99 Å². The fourth-order valence-electron chi connectivity index (χ4n) is 2.59. The Balaban J connectivity index is 1.87. The van der Waals surface area contributed by atoms with Crippen LogP contribution in [0.4, 0.5) is 10.1 Å². The molecule has 2 aromatic carbocycles. The SMILES string of the molecule is CCOc1ccc(/C=C2/SC(=Nc3ccc(F)cc3)N(C)C2=O)cc1OCC. The lowest BCUT2D eigenvalue weighted by molar-refractivity contribution is -0.121. The molecule has 0 radical (unpaired) electrons. The van der Waals surface area contributed by atoms with Crippen LogP contribution >= 0.6 is 11.8 Å². The lowest BCUT2D eigenvalue weighted by atomic mass is 10.2. The van der Waals surface area contributed by atoms with Crippen molar-refractivity contribution < 1.29 is 18.7 Å². The summed E-state index contributed by atoms with van der Waals surface area (Å²) in [4.78, 5) is 19.1. The van der Waals surface area contributed by atoms with Crippen LogP contribution in [0.3, 0.4) is 0 Å². The molecule has 146 valence electrons. The molecule has 0 aliphatic carbocycles. The van der Waals surface area contributed by atoms with Gasteiger partial charge in [0.2, 0.25) is 0 Å². The average molecular weight is 400 g/mol. The Hall–Kier alpha value is -2.80. The summed E-state index contributed by atoms with van der Waals surface area (Å²) in [6.45, 7) is 4.88. The minimum Gasteiger partial charge on any atom is -0.490 e. The number of aliphatic imine (C=N–C) groups is 1. The molecule has 0 aromatic heterocycles. The zero-order valence-corrected chi connectivity index (χ0v) is 16.8. The van der Waals surface area contributed by atoms with Gasteiger partial charge in [-0.1, -0.05) is 6.07 Å². The number of rotatable bonds is 6. The van der Waals surface area contributed by atoms with E-state index in [0.717, 1.165) is 5.56 Å². The summed E-state index contributed by atoms with van der Waals surface area (Å²) in [7, 11) is 1.67. The molecule has 5 nitrogen and oxygen atoms in total. The van der Waals surface area contributed by atoms with Crippen LogP contribution in [0.25, 0.3) is 6.08 Å². The Morgan fingerprint density at radius 3 is 2.43 bits per heavy atom. The molecule has 0 unspecified atom stereocenters. The molecular formula is C21H21FN2O3S. The van der Waals surface area contributed by atoms with Crippen LogP contribution < -0.4 is 9.47 Å². The van der Waals surface area contributed by atoms with E-state index < -0.39 is 0 Å². The fourth-order valence-corrected chi connectivity index (χ4v) is 3.57. The molecule has 0 N–H and O–H groups in total. The zero-order valence-electron chi connectivity index (χ0n) is 15.9. The van der Waals surface area contributed by atoms with E-state index in [4.69, 9.17) is 9.47 Å². The first-order valence-corrected chi connectivity index (χ1v) is 9.75. The van der Waals surface area contributed by atoms with Crippen molar-refractivity contribution in [3.63, 3.8) is 0 Å². The number of nitrogens with zero attached hydrogens (tertiary/aromatic N) is 2. The molecule has 3 rings (SSSR count). The third kappa shape index (κ3) is 4.54. The van der Waals surface area contributed by atoms with Crippen LogP contribution in [0.5, 0.6) is 11.5 Å². The lowest BCUT2D eigenvalue weighted by Gasteiger charge is -2.11. The Morgan fingerprint density at radius 2 is 1.75 bits per heavy atom. The lowest BCUT2D eigenvalue weighted by Crippen LogP contribution is -2.23. The molecule has 7 heteroatoms. The van der Waals surface area contributed by atoms with Crippen molar-refractivity contribution in [2.45, 2.75) is 13.8 Å². The molecule has 1 heterocycles. The van der Waals surface area contributed by atoms with Crippen LogP contribution in [0.2, 0.25) is 0 Å². The Labute approximate surface area is 167 Å². The van der Waals surface area contributed by atoms with Gasteiger partial charge in [-0.3, -0.25) is 9.69 Å². The monoisotopic (exact) mass is 400 g/mol. The van der Waals surface area contributed by atoms with Crippen molar-refractivity contribution >= 4 is 34.6 Å². The summed E-state index contributed by atoms with van der Waals surface area (Å²) in [6, 6.07) is 11.4. The Morgan fingerprint density at radius 1 is 1.07 bits per heavy atom. The highest BCUT2D eigenvalue weighted by atomic mass is 32.2. The van der Waals surface area contributed by atoms with Crippen molar-refractivity contribution in [3.05, 3.63) is 58.8 Å². The zero-order chi connectivity index (χ0) is 20.1. The maximum absolute atomic E-state index is 13.1. The molecule has 28 heavy (non-hydrogen) atoms. The van der Waals surface area contributed by atoms with Crippen LogP contribution in [-0.4, -0.2) is 36.2 Å². The normalized spacial score (nSPS) is 16.9. The van der Waals surface area contributed by atoms with Crippen LogP contribution in [0.15, 0.2) is 52.4 Å². The van der Waals surface area contributed by atoms with Gasteiger partial charge >= 0.3 is 0 Å². The number of amides is 1. The number of thioether (sulfide) groups is 1. The number of amidine groups is 1.